The summed E-state index contributed by atoms with van der Waals surface area (Å²) >= 11 is 5.95. The van der Waals surface area contributed by atoms with Crippen LogP contribution in [0.25, 0.3) is 0 Å². The van der Waals surface area contributed by atoms with Gasteiger partial charge in [0, 0.05) is 20.3 Å². The number of rotatable bonds is 7. The molecule has 0 aromatic heterocycles. The molecule has 0 saturated heterocycles. The lowest BCUT2D eigenvalue weighted by Gasteiger charge is -2.24. The largest absolute Gasteiger partial charge is 0.397 e. The summed E-state index contributed by atoms with van der Waals surface area (Å²) in [7, 11) is -1.99. The fourth-order valence-electron chi connectivity index (χ4n) is 1.76. The van der Waals surface area contributed by atoms with E-state index in [0.717, 1.165) is 6.42 Å². The minimum absolute atomic E-state index is 0.129. The Morgan fingerprint density at radius 1 is 1.38 bits per heavy atom. The molecular formula is C14H23ClN2O3S. The number of hydrogen-bond donors (Lipinski definition) is 2. The SMILES string of the molecule is COCCC(C)(C)CNS(=O)(=O)c1cc(C)c(Cl)c(N)c1. The Morgan fingerprint density at radius 3 is 2.52 bits per heavy atom. The van der Waals surface area contributed by atoms with Crippen LogP contribution in [0.1, 0.15) is 25.8 Å². The number of benzene rings is 1. The molecule has 1 aromatic rings. The molecular weight excluding hydrogens is 312 g/mol. The molecule has 7 heteroatoms. The van der Waals surface area contributed by atoms with Gasteiger partial charge in [0.15, 0.2) is 0 Å². The van der Waals surface area contributed by atoms with Crippen LogP contribution in [0.4, 0.5) is 5.69 Å². The highest BCUT2D eigenvalue weighted by atomic mass is 35.5. The first-order valence-electron chi connectivity index (χ1n) is 6.63. The summed E-state index contributed by atoms with van der Waals surface area (Å²) in [6.07, 6.45) is 0.758. The molecule has 120 valence electrons. The van der Waals surface area contributed by atoms with Crippen molar-refractivity contribution in [1.29, 1.82) is 0 Å². The maximum Gasteiger partial charge on any atom is 0.240 e. The van der Waals surface area contributed by atoms with Gasteiger partial charge >= 0.3 is 0 Å². The van der Waals surface area contributed by atoms with Gasteiger partial charge in [-0.05, 0) is 36.5 Å². The second-order valence-corrected chi connectivity index (χ2v) is 8.02. The summed E-state index contributed by atoms with van der Waals surface area (Å²) in [6.45, 7) is 6.59. The summed E-state index contributed by atoms with van der Waals surface area (Å²) in [6, 6.07) is 2.89. The number of hydrogen-bond acceptors (Lipinski definition) is 4. The van der Waals surface area contributed by atoms with Crippen LogP contribution in [0.2, 0.25) is 5.02 Å². The molecule has 0 saturated carbocycles. The Balaban J connectivity index is 2.88. The summed E-state index contributed by atoms with van der Waals surface area (Å²) in [5.41, 5.74) is 6.42. The number of nitrogen functional groups attached to an aromatic ring is 1. The molecule has 0 aliphatic heterocycles. The number of sulfonamides is 1. The van der Waals surface area contributed by atoms with Crippen LogP contribution in [0.3, 0.4) is 0 Å². The first kappa shape index (κ1) is 18.2. The van der Waals surface area contributed by atoms with E-state index in [-0.39, 0.29) is 16.0 Å². The van der Waals surface area contributed by atoms with Crippen LogP contribution in [0, 0.1) is 12.3 Å². The summed E-state index contributed by atoms with van der Waals surface area (Å²) in [4.78, 5) is 0.129. The van der Waals surface area contributed by atoms with Crippen molar-refractivity contribution >= 4 is 27.3 Å². The zero-order chi connectivity index (χ0) is 16.3. The molecule has 0 atom stereocenters. The van der Waals surface area contributed by atoms with Crippen molar-refractivity contribution in [3.63, 3.8) is 0 Å². The number of ether oxygens (including phenoxy) is 1. The van der Waals surface area contributed by atoms with Crippen molar-refractivity contribution in [2.45, 2.75) is 32.1 Å². The molecule has 0 aliphatic carbocycles. The number of methoxy groups -OCH3 is 1. The third-order valence-electron chi connectivity index (χ3n) is 3.29. The van der Waals surface area contributed by atoms with Crippen LogP contribution < -0.4 is 10.5 Å². The van der Waals surface area contributed by atoms with E-state index in [0.29, 0.717) is 23.7 Å². The second kappa shape index (κ2) is 6.96. The summed E-state index contributed by atoms with van der Waals surface area (Å²) in [5, 5.41) is 0.384. The first-order valence-corrected chi connectivity index (χ1v) is 8.49. The predicted molar refractivity (Wildman–Crippen MR) is 86.1 cm³/mol. The van der Waals surface area contributed by atoms with Gasteiger partial charge in [0.25, 0.3) is 0 Å². The Bertz CT molecular complexity index is 577. The van der Waals surface area contributed by atoms with Crippen molar-refractivity contribution in [3.05, 3.63) is 22.7 Å². The monoisotopic (exact) mass is 334 g/mol. The summed E-state index contributed by atoms with van der Waals surface area (Å²) < 4.78 is 32.3. The van der Waals surface area contributed by atoms with E-state index in [2.05, 4.69) is 4.72 Å². The van der Waals surface area contributed by atoms with Crippen LogP contribution in [0.15, 0.2) is 17.0 Å². The third kappa shape index (κ3) is 5.14. The van der Waals surface area contributed by atoms with Gasteiger partial charge in [-0.15, -0.1) is 0 Å². The molecule has 0 radical (unpaired) electrons. The van der Waals surface area contributed by atoms with Crippen molar-refractivity contribution in [1.82, 2.24) is 4.72 Å². The maximum absolute atomic E-state index is 12.3. The fourth-order valence-corrected chi connectivity index (χ4v) is 3.23. The Kier molecular flexibility index (Phi) is 6.04. The number of nitrogens with one attached hydrogen (secondary N) is 1. The fraction of sp³-hybridized carbons (Fsp3) is 0.571. The van der Waals surface area contributed by atoms with E-state index in [4.69, 9.17) is 22.1 Å². The zero-order valence-electron chi connectivity index (χ0n) is 12.9. The molecule has 0 unspecified atom stereocenters. The van der Waals surface area contributed by atoms with Crippen LogP contribution in [-0.2, 0) is 14.8 Å². The van der Waals surface area contributed by atoms with E-state index < -0.39 is 10.0 Å². The number of aryl methyl sites for hydroxylation is 1. The number of halogens is 1. The Morgan fingerprint density at radius 2 is 2.00 bits per heavy atom. The van der Waals surface area contributed by atoms with Gasteiger partial charge < -0.3 is 10.5 Å². The third-order valence-corrected chi connectivity index (χ3v) is 5.19. The lowest BCUT2D eigenvalue weighted by molar-refractivity contribution is 0.153. The zero-order valence-corrected chi connectivity index (χ0v) is 14.4. The Hall–Kier alpha value is -0.820. The van der Waals surface area contributed by atoms with Crippen molar-refractivity contribution in [2.24, 2.45) is 5.41 Å². The highest BCUT2D eigenvalue weighted by molar-refractivity contribution is 7.89. The molecule has 0 heterocycles. The van der Waals surface area contributed by atoms with Crippen molar-refractivity contribution < 1.29 is 13.2 Å². The average Bonchev–Trinajstić information content (AvgIpc) is 2.40. The van der Waals surface area contributed by atoms with E-state index in [1.807, 2.05) is 13.8 Å². The highest BCUT2D eigenvalue weighted by Gasteiger charge is 2.23. The molecule has 0 fully saturated rings. The maximum atomic E-state index is 12.3. The normalized spacial score (nSPS) is 12.6. The van der Waals surface area contributed by atoms with Crippen LogP contribution >= 0.6 is 11.6 Å². The molecule has 3 N–H and O–H groups in total. The molecule has 0 spiro atoms. The standard InChI is InChI=1S/C14H23ClN2O3S/c1-10-7-11(8-12(16)13(10)15)21(18,19)17-9-14(2,3)5-6-20-4/h7-8,17H,5-6,9,16H2,1-4H3. The van der Waals surface area contributed by atoms with Gasteiger partial charge in [-0.3, -0.25) is 0 Å². The minimum Gasteiger partial charge on any atom is -0.397 e. The Labute approximate surface area is 131 Å². The van der Waals surface area contributed by atoms with Crippen LogP contribution in [-0.4, -0.2) is 28.7 Å². The number of nitrogens with two attached hydrogens (primary N) is 1. The first-order chi connectivity index (χ1) is 9.59. The molecule has 1 rings (SSSR count). The quantitative estimate of drug-likeness (QED) is 0.751. The van der Waals surface area contributed by atoms with Gasteiger partial charge in [0.1, 0.15) is 0 Å². The molecule has 0 amide bonds. The molecule has 1 aromatic carbocycles. The molecule has 0 aliphatic rings. The van der Waals surface area contributed by atoms with E-state index in [1.165, 1.54) is 12.1 Å². The van der Waals surface area contributed by atoms with E-state index >= 15 is 0 Å². The molecule has 21 heavy (non-hydrogen) atoms. The predicted octanol–water partition coefficient (Wildman–Crippen LogP) is 2.57. The molecule has 0 bridgehead atoms. The molecule has 5 nitrogen and oxygen atoms in total. The van der Waals surface area contributed by atoms with Crippen LogP contribution in [0.5, 0.6) is 0 Å². The smallest absolute Gasteiger partial charge is 0.240 e. The average molecular weight is 335 g/mol. The topological polar surface area (TPSA) is 81.4 Å². The van der Waals surface area contributed by atoms with Gasteiger partial charge in [0.05, 0.1) is 15.6 Å². The lowest BCUT2D eigenvalue weighted by Crippen LogP contribution is -2.34. The van der Waals surface area contributed by atoms with E-state index in [1.54, 1.807) is 14.0 Å². The second-order valence-electron chi connectivity index (χ2n) is 5.87. The summed E-state index contributed by atoms with van der Waals surface area (Å²) in [5.74, 6) is 0. The highest BCUT2D eigenvalue weighted by Crippen LogP contribution is 2.27. The lowest BCUT2D eigenvalue weighted by atomic mass is 9.90. The van der Waals surface area contributed by atoms with Gasteiger partial charge in [-0.2, -0.15) is 0 Å². The van der Waals surface area contributed by atoms with Gasteiger partial charge in [-0.25, -0.2) is 13.1 Å². The van der Waals surface area contributed by atoms with Gasteiger partial charge in [0.2, 0.25) is 10.0 Å². The number of anilines is 1. The van der Waals surface area contributed by atoms with Gasteiger partial charge in [-0.1, -0.05) is 25.4 Å². The van der Waals surface area contributed by atoms with Crippen molar-refractivity contribution in [2.75, 3.05) is 26.0 Å². The minimum atomic E-state index is -3.61. The van der Waals surface area contributed by atoms with Crippen molar-refractivity contribution in [3.8, 4) is 0 Å². The van der Waals surface area contributed by atoms with E-state index in [9.17, 15) is 8.42 Å².